The van der Waals surface area contributed by atoms with Gasteiger partial charge in [0.25, 0.3) is 0 Å². The summed E-state index contributed by atoms with van der Waals surface area (Å²) >= 11 is 0. The molecule has 0 saturated heterocycles. The SMILES string of the molecule is CCN(CC)c1ccc(Nc2nccc(Nc3c(F)cccc3F)n2)c(C)c1. The Labute approximate surface area is 163 Å². The lowest BCUT2D eigenvalue weighted by molar-refractivity contribution is 0.590. The number of aromatic nitrogens is 2. The number of anilines is 5. The van der Waals surface area contributed by atoms with Crippen molar-refractivity contribution in [2.24, 2.45) is 0 Å². The van der Waals surface area contributed by atoms with E-state index in [1.165, 1.54) is 24.4 Å². The molecule has 0 amide bonds. The first-order valence-electron chi connectivity index (χ1n) is 9.18. The first-order chi connectivity index (χ1) is 13.5. The lowest BCUT2D eigenvalue weighted by atomic mass is 10.1. The van der Waals surface area contributed by atoms with Crippen molar-refractivity contribution in [1.82, 2.24) is 9.97 Å². The van der Waals surface area contributed by atoms with Gasteiger partial charge in [0.2, 0.25) is 5.95 Å². The molecule has 3 rings (SSSR count). The average Bonchev–Trinajstić information content (AvgIpc) is 2.68. The van der Waals surface area contributed by atoms with E-state index in [2.05, 4.69) is 45.4 Å². The highest BCUT2D eigenvalue weighted by Gasteiger charge is 2.10. The van der Waals surface area contributed by atoms with Gasteiger partial charge in [0.1, 0.15) is 23.1 Å². The molecule has 0 aliphatic carbocycles. The number of rotatable bonds is 7. The first kappa shape index (κ1) is 19.5. The maximum absolute atomic E-state index is 13.8. The van der Waals surface area contributed by atoms with Crippen LogP contribution in [-0.2, 0) is 0 Å². The number of hydrogen-bond acceptors (Lipinski definition) is 5. The van der Waals surface area contributed by atoms with Crippen molar-refractivity contribution in [3.05, 3.63) is 65.9 Å². The van der Waals surface area contributed by atoms with E-state index < -0.39 is 11.6 Å². The third kappa shape index (κ3) is 4.36. The summed E-state index contributed by atoms with van der Waals surface area (Å²) in [6.45, 7) is 8.12. The standard InChI is InChI=1S/C21H23F2N5/c1-4-28(5-2)15-9-10-18(14(3)13-15)25-21-24-12-11-19(27-21)26-20-16(22)7-6-8-17(20)23/h6-13H,4-5H2,1-3H3,(H2,24,25,26,27). The molecule has 0 saturated carbocycles. The Morgan fingerprint density at radius 3 is 2.32 bits per heavy atom. The third-order valence-electron chi connectivity index (χ3n) is 4.46. The highest BCUT2D eigenvalue weighted by Crippen LogP contribution is 2.26. The summed E-state index contributed by atoms with van der Waals surface area (Å²) in [5.74, 6) is -0.744. The Kier molecular flexibility index (Phi) is 6.03. The van der Waals surface area contributed by atoms with Crippen molar-refractivity contribution >= 4 is 28.8 Å². The van der Waals surface area contributed by atoms with E-state index in [4.69, 9.17) is 0 Å². The molecule has 0 aliphatic heterocycles. The molecular formula is C21H23F2N5. The predicted molar refractivity (Wildman–Crippen MR) is 110 cm³/mol. The van der Waals surface area contributed by atoms with E-state index in [0.717, 1.165) is 30.0 Å². The van der Waals surface area contributed by atoms with Crippen LogP contribution in [0.2, 0.25) is 0 Å². The second kappa shape index (κ2) is 8.65. The van der Waals surface area contributed by atoms with Crippen LogP contribution in [0, 0.1) is 18.6 Å². The Bertz CT molecular complexity index is 937. The van der Waals surface area contributed by atoms with Gasteiger partial charge in [0, 0.05) is 30.7 Å². The van der Waals surface area contributed by atoms with Gasteiger partial charge in [0.05, 0.1) is 0 Å². The quantitative estimate of drug-likeness (QED) is 0.572. The van der Waals surface area contributed by atoms with Crippen LogP contribution >= 0.6 is 0 Å². The van der Waals surface area contributed by atoms with Gasteiger partial charge in [-0.15, -0.1) is 0 Å². The monoisotopic (exact) mass is 383 g/mol. The lowest BCUT2D eigenvalue weighted by Gasteiger charge is -2.22. The molecule has 0 bridgehead atoms. The first-order valence-corrected chi connectivity index (χ1v) is 9.18. The molecule has 0 radical (unpaired) electrons. The Hall–Kier alpha value is -3.22. The summed E-state index contributed by atoms with van der Waals surface area (Å²) in [5.41, 5.74) is 2.82. The van der Waals surface area contributed by atoms with Crippen LogP contribution < -0.4 is 15.5 Å². The minimum Gasteiger partial charge on any atom is -0.372 e. The zero-order chi connectivity index (χ0) is 20.1. The topological polar surface area (TPSA) is 53.1 Å². The minimum absolute atomic E-state index is 0.244. The molecule has 0 unspecified atom stereocenters. The highest BCUT2D eigenvalue weighted by molar-refractivity contribution is 5.65. The Morgan fingerprint density at radius 1 is 0.964 bits per heavy atom. The lowest BCUT2D eigenvalue weighted by Crippen LogP contribution is -2.21. The zero-order valence-corrected chi connectivity index (χ0v) is 16.1. The molecule has 0 aliphatic rings. The van der Waals surface area contributed by atoms with Crippen molar-refractivity contribution in [2.45, 2.75) is 20.8 Å². The second-order valence-electron chi connectivity index (χ2n) is 6.28. The predicted octanol–water partition coefficient (Wildman–Crippen LogP) is 5.40. The molecule has 2 N–H and O–H groups in total. The summed E-state index contributed by atoms with van der Waals surface area (Å²) in [7, 11) is 0. The molecule has 0 atom stereocenters. The molecule has 2 aromatic carbocycles. The number of para-hydroxylation sites is 1. The number of benzene rings is 2. The van der Waals surface area contributed by atoms with Crippen LogP contribution in [-0.4, -0.2) is 23.1 Å². The molecule has 7 heteroatoms. The molecule has 5 nitrogen and oxygen atoms in total. The maximum Gasteiger partial charge on any atom is 0.229 e. The Morgan fingerprint density at radius 2 is 1.68 bits per heavy atom. The van der Waals surface area contributed by atoms with E-state index in [1.54, 1.807) is 6.07 Å². The van der Waals surface area contributed by atoms with Crippen LogP contribution in [0.4, 0.5) is 37.6 Å². The van der Waals surface area contributed by atoms with Crippen LogP contribution in [0.1, 0.15) is 19.4 Å². The number of halogens is 2. The average molecular weight is 383 g/mol. The van der Waals surface area contributed by atoms with Gasteiger partial charge in [0.15, 0.2) is 0 Å². The molecule has 28 heavy (non-hydrogen) atoms. The summed E-state index contributed by atoms with van der Waals surface area (Å²) in [6, 6.07) is 11.4. The van der Waals surface area contributed by atoms with Gasteiger partial charge in [-0.25, -0.2) is 13.8 Å². The van der Waals surface area contributed by atoms with E-state index >= 15 is 0 Å². The Balaban J connectivity index is 1.80. The van der Waals surface area contributed by atoms with Crippen LogP contribution in [0.25, 0.3) is 0 Å². The molecule has 0 spiro atoms. The second-order valence-corrected chi connectivity index (χ2v) is 6.28. The van der Waals surface area contributed by atoms with E-state index in [9.17, 15) is 8.78 Å². The third-order valence-corrected chi connectivity index (χ3v) is 4.46. The molecule has 0 fully saturated rings. The number of nitrogens with zero attached hydrogens (tertiary/aromatic N) is 3. The van der Waals surface area contributed by atoms with E-state index in [0.29, 0.717) is 11.8 Å². The number of nitrogens with one attached hydrogen (secondary N) is 2. The smallest absolute Gasteiger partial charge is 0.229 e. The number of hydrogen-bond donors (Lipinski definition) is 2. The van der Waals surface area contributed by atoms with E-state index in [1.807, 2.05) is 19.1 Å². The fourth-order valence-electron chi connectivity index (χ4n) is 2.93. The zero-order valence-electron chi connectivity index (χ0n) is 16.1. The van der Waals surface area contributed by atoms with Crippen LogP contribution in [0.3, 0.4) is 0 Å². The van der Waals surface area contributed by atoms with Crippen molar-refractivity contribution < 1.29 is 8.78 Å². The fraction of sp³-hybridized carbons (Fsp3) is 0.238. The molecule has 1 aromatic heterocycles. The normalized spacial score (nSPS) is 10.6. The maximum atomic E-state index is 13.8. The van der Waals surface area contributed by atoms with Gasteiger partial charge in [-0.3, -0.25) is 0 Å². The van der Waals surface area contributed by atoms with Crippen molar-refractivity contribution in [2.75, 3.05) is 28.6 Å². The van der Waals surface area contributed by atoms with Crippen molar-refractivity contribution in [3.63, 3.8) is 0 Å². The molecule has 3 aromatic rings. The largest absolute Gasteiger partial charge is 0.372 e. The van der Waals surface area contributed by atoms with Crippen LogP contribution in [0.15, 0.2) is 48.7 Å². The summed E-state index contributed by atoms with van der Waals surface area (Å²) in [4.78, 5) is 10.8. The van der Waals surface area contributed by atoms with Gasteiger partial charge in [-0.1, -0.05) is 6.07 Å². The van der Waals surface area contributed by atoms with Crippen LogP contribution in [0.5, 0.6) is 0 Å². The summed E-state index contributed by atoms with van der Waals surface area (Å²) in [5, 5.41) is 5.83. The van der Waals surface area contributed by atoms with Crippen molar-refractivity contribution in [1.29, 1.82) is 0 Å². The molecule has 146 valence electrons. The fourth-order valence-corrected chi connectivity index (χ4v) is 2.93. The molecular weight excluding hydrogens is 360 g/mol. The van der Waals surface area contributed by atoms with E-state index in [-0.39, 0.29) is 5.69 Å². The van der Waals surface area contributed by atoms with Gasteiger partial charge < -0.3 is 15.5 Å². The minimum atomic E-state index is -0.684. The van der Waals surface area contributed by atoms with Gasteiger partial charge >= 0.3 is 0 Å². The number of aryl methyl sites for hydroxylation is 1. The van der Waals surface area contributed by atoms with Gasteiger partial charge in [-0.2, -0.15) is 4.98 Å². The molecule has 1 heterocycles. The van der Waals surface area contributed by atoms with Crippen molar-refractivity contribution in [3.8, 4) is 0 Å². The summed E-state index contributed by atoms with van der Waals surface area (Å²) < 4.78 is 27.7. The summed E-state index contributed by atoms with van der Waals surface area (Å²) in [6.07, 6.45) is 1.52. The van der Waals surface area contributed by atoms with Gasteiger partial charge in [-0.05, 0) is 62.7 Å². The highest BCUT2D eigenvalue weighted by atomic mass is 19.1.